The molecule has 0 aromatic heterocycles. The van der Waals surface area contributed by atoms with Gasteiger partial charge < -0.3 is 10.4 Å². The summed E-state index contributed by atoms with van der Waals surface area (Å²) in [5.74, 6) is -0.683. The number of nitrogens with zero attached hydrogens (tertiary/aromatic N) is 1. The Kier molecular flexibility index (Phi) is 5.19. The van der Waals surface area contributed by atoms with E-state index >= 15 is 0 Å². The van der Waals surface area contributed by atoms with Crippen molar-refractivity contribution >= 4 is 11.9 Å². The zero-order valence-corrected chi connectivity index (χ0v) is 11.4. The largest absolute Gasteiger partial charge is 0.480 e. The Balaban J connectivity index is 1.73. The maximum absolute atomic E-state index is 11.8. The Hall–Kier alpha value is -1.10. The van der Waals surface area contributed by atoms with Crippen molar-refractivity contribution in [2.75, 3.05) is 13.1 Å². The molecule has 2 N–H and O–H groups in total. The second-order valence-corrected chi connectivity index (χ2v) is 5.68. The van der Waals surface area contributed by atoms with Crippen molar-refractivity contribution < 1.29 is 14.7 Å². The molecule has 0 spiro atoms. The number of aliphatic carboxylic acids is 1. The third-order valence-electron chi connectivity index (χ3n) is 4.25. The van der Waals surface area contributed by atoms with Crippen LogP contribution in [0.15, 0.2) is 0 Å². The molecule has 1 amide bonds. The summed E-state index contributed by atoms with van der Waals surface area (Å²) in [6.45, 7) is 1.36. The van der Waals surface area contributed by atoms with Crippen LogP contribution in [-0.2, 0) is 9.59 Å². The Morgan fingerprint density at radius 3 is 2.47 bits per heavy atom. The van der Waals surface area contributed by atoms with Crippen LogP contribution in [0.2, 0.25) is 0 Å². The zero-order valence-electron chi connectivity index (χ0n) is 11.4. The van der Waals surface area contributed by atoms with Gasteiger partial charge in [0.15, 0.2) is 0 Å². The number of hydrogen-bond donors (Lipinski definition) is 2. The van der Waals surface area contributed by atoms with Gasteiger partial charge in [-0.3, -0.25) is 14.5 Å². The smallest absolute Gasteiger partial charge is 0.320 e. The second-order valence-electron chi connectivity index (χ2n) is 5.68. The number of carboxylic acids is 1. The first-order valence-corrected chi connectivity index (χ1v) is 7.43. The summed E-state index contributed by atoms with van der Waals surface area (Å²) in [6, 6.07) is -0.0443. The topological polar surface area (TPSA) is 69.6 Å². The van der Waals surface area contributed by atoms with Crippen LogP contribution in [0, 0.1) is 0 Å². The molecule has 1 aliphatic heterocycles. The molecule has 5 nitrogen and oxygen atoms in total. The van der Waals surface area contributed by atoms with E-state index in [9.17, 15) is 9.59 Å². The monoisotopic (exact) mass is 268 g/mol. The Morgan fingerprint density at radius 1 is 1.11 bits per heavy atom. The Labute approximate surface area is 114 Å². The highest BCUT2D eigenvalue weighted by atomic mass is 16.4. The number of piperidine rings is 1. The highest BCUT2D eigenvalue weighted by Crippen LogP contribution is 2.19. The van der Waals surface area contributed by atoms with E-state index in [1.807, 2.05) is 4.90 Å². The predicted molar refractivity (Wildman–Crippen MR) is 71.9 cm³/mol. The summed E-state index contributed by atoms with van der Waals surface area (Å²) < 4.78 is 0. The fourth-order valence-electron chi connectivity index (χ4n) is 3.15. The predicted octanol–water partition coefficient (Wildman–Crippen LogP) is 1.37. The molecule has 5 heteroatoms. The van der Waals surface area contributed by atoms with Gasteiger partial charge in [-0.25, -0.2) is 0 Å². The van der Waals surface area contributed by atoms with E-state index in [0.717, 1.165) is 32.2 Å². The average Bonchev–Trinajstić information content (AvgIpc) is 2.89. The molecule has 1 saturated carbocycles. The number of carbonyl (C=O) groups excluding carboxylic acids is 1. The highest BCUT2D eigenvalue weighted by Gasteiger charge is 2.28. The van der Waals surface area contributed by atoms with Gasteiger partial charge in [-0.15, -0.1) is 0 Å². The van der Waals surface area contributed by atoms with Gasteiger partial charge in [0.2, 0.25) is 5.91 Å². The minimum absolute atomic E-state index is 0.0709. The molecule has 0 aromatic carbocycles. The molecule has 1 saturated heterocycles. The van der Waals surface area contributed by atoms with Gasteiger partial charge in [-0.05, 0) is 32.2 Å². The molecule has 0 aromatic rings. The number of carbonyl (C=O) groups is 2. The normalized spacial score (nSPS) is 25.4. The van der Waals surface area contributed by atoms with Crippen LogP contribution in [0.5, 0.6) is 0 Å². The lowest BCUT2D eigenvalue weighted by atomic mass is 10.0. The number of likely N-dealkylation sites (tertiary alicyclic amines) is 1. The lowest BCUT2D eigenvalue weighted by Gasteiger charge is -2.32. The molecular weight excluding hydrogens is 244 g/mol. The van der Waals surface area contributed by atoms with Crippen LogP contribution >= 0.6 is 0 Å². The molecule has 1 atom stereocenters. The van der Waals surface area contributed by atoms with Crippen LogP contribution in [0.25, 0.3) is 0 Å². The quantitative estimate of drug-likeness (QED) is 0.790. The molecule has 0 radical (unpaired) electrons. The van der Waals surface area contributed by atoms with E-state index in [1.54, 1.807) is 0 Å². The van der Waals surface area contributed by atoms with Gasteiger partial charge in [0.25, 0.3) is 0 Å². The van der Waals surface area contributed by atoms with E-state index in [1.165, 1.54) is 12.8 Å². The van der Waals surface area contributed by atoms with E-state index in [-0.39, 0.29) is 5.91 Å². The molecule has 108 valence electrons. The molecule has 2 aliphatic rings. The van der Waals surface area contributed by atoms with Crippen LogP contribution in [0.3, 0.4) is 0 Å². The summed E-state index contributed by atoms with van der Waals surface area (Å²) in [5.41, 5.74) is 0. The van der Waals surface area contributed by atoms with Crippen LogP contribution in [0.4, 0.5) is 0 Å². The van der Waals surface area contributed by atoms with Gasteiger partial charge >= 0.3 is 5.97 Å². The van der Waals surface area contributed by atoms with E-state index in [2.05, 4.69) is 5.32 Å². The minimum Gasteiger partial charge on any atom is -0.480 e. The summed E-state index contributed by atoms with van der Waals surface area (Å²) in [4.78, 5) is 24.9. The molecular formula is C14H24N2O3. The Bertz CT molecular complexity index is 327. The molecule has 2 fully saturated rings. The number of carboxylic acid groups (broad SMARTS) is 1. The number of amides is 1. The third kappa shape index (κ3) is 4.20. The lowest BCUT2D eigenvalue weighted by molar-refractivity contribution is -0.145. The van der Waals surface area contributed by atoms with Crippen LogP contribution < -0.4 is 5.32 Å². The van der Waals surface area contributed by atoms with Gasteiger partial charge in [-0.1, -0.05) is 19.3 Å². The van der Waals surface area contributed by atoms with Crippen molar-refractivity contribution in [3.05, 3.63) is 0 Å². The SMILES string of the molecule is O=C(CCN1CCCCC1C(=O)O)NC1CCCC1. The van der Waals surface area contributed by atoms with E-state index < -0.39 is 12.0 Å². The summed E-state index contributed by atoms with van der Waals surface area (Å²) >= 11 is 0. The fourth-order valence-corrected chi connectivity index (χ4v) is 3.15. The van der Waals surface area contributed by atoms with Gasteiger partial charge in [0.1, 0.15) is 6.04 Å². The Morgan fingerprint density at radius 2 is 1.79 bits per heavy atom. The van der Waals surface area contributed by atoms with Crippen molar-refractivity contribution in [2.24, 2.45) is 0 Å². The third-order valence-corrected chi connectivity index (χ3v) is 4.25. The first-order chi connectivity index (χ1) is 9.16. The summed E-state index contributed by atoms with van der Waals surface area (Å²) in [5, 5.41) is 12.2. The van der Waals surface area contributed by atoms with Crippen molar-refractivity contribution in [3.63, 3.8) is 0 Å². The van der Waals surface area contributed by atoms with Crippen LogP contribution in [0.1, 0.15) is 51.4 Å². The number of nitrogens with one attached hydrogen (secondary N) is 1. The van der Waals surface area contributed by atoms with Crippen LogP contribution in [-0.4, -0.2) is 47.1 Å². The maximum Gasteiger partial charge on any atom is 0.320 e. The van der Waals surface area contributed by atoms with Gasteiger partial charge in [0, 0.05) is 19.0 Å². The number of rotatable bonds is 5. The maximum atomic E-state index is 11.8. The first kappa shape index (κ1) is 14.3. The number of hydrogen-bond acceptors (Lipinski definition) is 3. The van der Waals surface area contributed by atoms with Crippen molar-refractivity contribution in [1.82, 2.24) is 10.2 Å². The summed E-state index contributed by atoms with van der Waals surface area (Å²) in [6.07, 6.45) is 7.73. The highest BCUT2D eigenvalue weighted by molar-refractivity contribution is 5.77. The van der Waals surface area contributed by atoms with Crippen molar-refractivity contribution in [3.8, 4) is 0 Å². The fraction of sp³-hybridized carbons (Fsp3) is 0.857. The molecule has 19 heavy (non-hydrogen) atoms. The average molecular weight is 268 g/mol. The minimum atomic E-state index is -0.754. The molecule has 1 heterocycles. The molecule has 2 rings (SSSR count). The molecule has 1 aliphatic carbocycles. The van der Waals surface area contributed by atoms with Gasteiger partial charge in [-0.2, -0.15) is 0 Å². The van der Waals surface area contributed by atoms with E-state index in [0.29, 0.717) is 25.4 Å². The summed E-state index contributed by atoms with van der Waals surface area (Å²) in [7, 11) is 0. The first-order valence-electron chi connectivity index (χ1n) is 7.43. The second kappa shape index (κ2) is 6.89. The lowest BCUT2D eigenvalue weighted by Crippen LogP contribution is -2.46. The van der Waals surface area contributed by atoms with E-state index in [4.69, 9.17) is 5.11 Å². The van der Waals surface area contributed by atoms with Gasteiger partial charge in [0.05, 0.1) is 0 Å². The van der Waals surface area contributed by atoms with Crippen molar-refractivity contribution in [2.45, 2.75) is 63.5 Å². The molecule has 1 unspecified atom stereocenters. The van der Waals surface area contributed by atoms with Crippen molar-refractivity contribution in [1.29, 1.82) is 0 Å². The standard InChI is InChI=1S/C14H24N2O3/c17-13(15-11-5-1-2-6-11)8-10-16-9-4-3-7-12(16)14(18)19/h11-12H,1-10H2,(H,15,17)(H,18,19). The zero-order chi connectivity index (χ0) is 13.7. The molecule has 0 bridgehead atoms.